The molecule has 2 aliphatic rings. The van der Waals surface area contributed by atoms with Crippen molar-refractivity contribution in [2.75, 3.05) is 32.8 Å². The normalized spacial score (nSPS) is 24.8. The lowest BCUT2D eigenvalue weighted by Gasteiger charge is -2.22. The number of ether oxygens (including phenoxy) is 1. The Hall–Kier alpha value is -1.63. The van der Waals surface area contributed by atoms with Gasteiger partial charge < -0.3 is 14.1 Å². The Kier molecular flexibility index (Phi) is 4.43. The zero-order valence-corrected chi connectivity index (χ0v) is 14.6. The summed E-state index contributed by atoms with van der Waals surface area (Å²) in [6.07, 6.45) is 0.137. The monoisotopic (exact) mass is 346 g/mol. The molecule has 4 heterocycles. The van der Waals surface area contributed by atoms with E-state index < -0.39 is 0 Å². The molecule has 2 aromatic heterocycles. The average molecular weight is 346 g/mol. The topological polar surface area (TPSA) is 45.9 Å². The lowest BCUT2D eigenvalue weighted by atomic mass is 10.1. The highest BCUT2D eigenvalue weighted by Gasteiger charge is 2.39. The van der Waals surface area contributed by atoms with Gasteiger partial charge in [0.15, 0.2) is 5.76 Å². The number of carbonyl (C=O) groups is 1. The molecular formula is C18H22N2O3S. The summed E-state index contributed by atoms with van der Waals surface area (Å²) in [5.74, 6) is 1.54. The molecule has 24 heavy (non-hydrogen) atoms. The van der Waals surface area contributed by atoms with Crippen LogP contribution in [0.25, 0.3) is 0 Å². The van der Waals surface area contributed by atoms with Crippen molar-refractivity contribution < 1.29 is 13.9 Å². The number of aryl methyl sites for hydroxylation is 1. The van der Waals surface area contributed by atoms with Gasteiger partial charge in [-0.1, -0.05) is 0 Å². The molecule has 0 bridgehead atoms. The van der Waals surface area contributed by atoms with Crippen LogP contribution in [-0.2, 0) is 11.3 Å². The maximum atomic E-state index is 12.6. The minimum Gasteiger partial charge on any atom is -0.456 e. The average Bonchev–Trinajstić information content (AvgIpc) is 3.28. The minimum absolute atomic E-state index is 0.0239. The van der Waals surface area contributed by atoms with E-state index in [0.717, 1.165) is 38.5 Å². The standard InChI is InChI=1S/C18H22N2O3S/c1-13-2-3-16(23-13)18(21)20-10-15-9-19(5-6-22-17(15)11-20)8-14-4-7-24-12-14/h2-4,7,12,15,17H,5-6,8-11H2,1H3/t15-,17+/m1/s1. The molecule has 0 saturated carbocycles. The summed E-state index contributed by atoms with van der Waals surface area (Å²) >= 11 is 1.74. The van der Waals surface area contributed by atoms with Crippen LogP contribution in [0.5, 0.6) is 0 Å². The van der Waals surface area contributed by atoms with E-state index in [1.807, 2.05) is 17.9 Å². The van der Waals surface area contributed by atoms with E-state index >= 15 is 0 Å². The van der Waals surface area contributed by atoms with E-state index in [1.165, 1.54) is 5.56 Å². The molecule has 0 aliphatic carbocycles. The van der Waals surface area contributed by atoms with E-state index in [1.54, 1.807) is 17.4 Å². The van der Waals surface area contributed by atoms with Crippen molar-refractivity contribution in [3.05, 3.63) is 46.0 Å². The summed E-state index contributed by atoms with van der Waals surface area (Å²) in [4.78, 5) is 16.9. The number of carbonyl (C=O) groups excluding carboxylic acids is 1. The first kappa shape index (κ1) is 15.9. The summed E-state index contributed by atoms with van der Waals surface area (Å²) in [5.41, 5.74) is 1.36. The number of rotatable bonds is 3. The fourth-order valence-electron chi connectivity index (χ4n) is 3.62. The van der Waals surface area contributed by atoms with Gasteiger partial charge in [-0.3, -0.25) is 9.69 Å². The zero-order chi connectivity index (χ0) is 16.5. The van der Waals surface area contributed by atoms with Crippen molar-refractivity contribution in [1.29, 1.82) is 0 Å². The van der Waals surface area contributed by atoms with Crippen LogP contribution in [0.15, 0.2) is 33.4 Å². The number of nitrogens with zero attached hydrogens (tertiary/aromatic N) is 2. The van der Waals surface area contributed by atoms with Crippen LogP contribution in [0.3, 0.4) is 0 Å². The third-order valence-corrected chi connectivity index (χ3v) is 5.57. The van der Waals surface area contributed by atoms with Crippen LogP contribution in [0.1, 0.15) is 21.9 Å². The molecular weight excluding hydrogens is 324 g/mol. The molecule has 0 N–H and O–H groups in total. The molecule has 5 nitrogen and oxygen atoms in total. The summed E-state index contributed by atoms with van der Waals surface area (Å²) < 4.78 is 11.5. The molecule has 0 spiro atoms. The van der Waals surface area contributed by atoms with Crippen LogP contribution in [0.4, 0.5) is 0 Å². The van der Waals surface area contributed by atoms with Gasteiger partial charge in [-0.25, -0.2) is 0 Å². The van der Waals surface area contributed by atoms with Gasteiger partial charge in [-0.15, -0.1) is 0 Å². The van der Waals surface area contributed by atoms with E-state index in [9.17, 15) is 4.79 Å². The second-order valence-electron chi connectivity index (χ2n) is 6.66. The Morgan fingerprint density at radius 1 is 1.29 bits per heavy atom. The molecule has 2 fully saturated rings. The molecule has 2 aliphatic heterocycles. The minimum atomic E-state index is -0.0239. The van der Waals surface area contributed by atoms with Gasteiger partial charge in [0.25, 0.3) is 5.91 Å². The molecule has 2 atom stereocenters. The van der Waals surface area contributed by atoms with Gasteiger partial charge in [0.2, 0.25) is 0 Å². The predicted molar refractivity (Wildman–Crippen MR) is 92.2 cm³/mol. The van der Waals surface area contributed by atoms with Crippen LogP contribution < -0.4 is 0 Å². The van der Waals surface area contributed by atoms with Crippen LogP contribution in [-0.4, -0.2) is 54.6 Å². The van der Waals surface area contributed by atoms with E-state index in [4.69, 9.17) is 9.15 Å². The Bertz CT molecular complexity index is 697. The van der Waals surface area contributed by atoms with Gasteiger partial charge in [0.05, 0.1) is 12.7 Å². The number of furan rings is 1. The fourth-order valence-corrected chi connectivity index (χ4v) is 4.28. The van der Waals surface area contributed by atoms with Crippen molar-refractivity contribution in [2.24, 2.45) is 5.92 Å². The van der Waals surface area contributed by atoms with Crippen molar-refractivity contribution in [3.63, 3.8) is 0 Å². The number of amides is 1. The van der Waals surface area contributed by atoms with Crippen molar-refractivity contribution in [1.82, 2.24) is 9.80 Å². The number of hydrogen-bond acceptors (Lipinski definition) is 5. The SMILES string of the molecule is Cc1ccc(C(=O)N2C[C@H]3CN(Cc4ccsc4)CCO[C@H]3C2)o1. The van der Waals surface area contributed by atoms with Crippen molar-refractivity contribution in [3.8, 4) is 0 Å². The van der Waals surface area contributed by atoms with Crippen LogP contribution >= 0.6 is 11.3 Å². The van der Waals surface area contributed by atoms with Gasteiger partial charge in [-0.05, 0) is 41.4 Å². The van der Waals surface area contributed by atoms with Crippen molar-refractivity contribution >= 4 is 17.2 Å². The maximum absolute atomic E-state index is 12.6. The zero-order valence-electron chi connectivity index (χ0n) is 13.8. The first-order valence-corrected chi connectivity index (χ1v) is 9.34. The summed E-state index contributed by atoms with van der Waals surface area (Å²) in [6, 6.07) is 5.77. The molecule has 0 radical (unpaired) electrons. The second-order valence-corrected chi connectivity index (χ2v) is 7.44. The molecule has 0 aromatic carbocycles. The van der Waals surface area contributed by atoms with E-state index in [0.29, 0.717) is 18.2 Å². The summed E-state index contributed by atoms with van der Waals surface area (Å²) in [7, 11) is 0. The third-order valence-electron chi connectivity index (χ3n) is 4.84. The second kappa shape index (κ2) is 6.70. The highest BCUT2D eigenvalue weighted by Crippen LogP contribution is 2.26. The van der Waals surface area contributed by atoms with Crippen molar-refractivity contribution in [2.45, 2.75) is 19.6 Å². The number of fused-ring (bicyclic) bond motifs is 1. The lowest BCUT2D eigenvalue weighted by Crippen LogP contribution is -2.33. The molecule has 128 valence electrons. The third kappa shape index (κ3) is 3.27. The molecule has 6 heteroatoms. The van der Waals surface area contributed by atoms with Gasteiger partial charge in [0, 0.05) is 38.6 Å². The van der Waals surface area contributed by atoms with Gasteiger partial charge in [0.1, 0.15) is 5.76 Å². The Morgan fingerprint density at radius 3 is 2.96 bits per heavy atom. The maximum Gasteiger partial charge on any atom is 0.289 e. The summed E-state index contributed by atoms with van der Waals surface area (Å²) in [5, 5.41) is 4.32. The van der Waals surface area contributed by atoms with Crippen LogP contribution in [0, 0.1) is 12.8 Å². The number of likely N-dealkylation sites (tertiary alicyclic amines) is 1. The van der Waals surface area contributed by atoms with Gasteiger partial charge in [-0.2, -0.15) is 11.3 Å². The van der Waals surface area contributed by atoms with Gasteiger partial charge >= 0.3 is 0 Å². The van der Waals surface area contributed by atoms with E-state index in [-0.39, 0.29) is 12.0 Å². The van der Waals surface area contributed by atoms with Crippen LogP contribution in [0.2, 0.25) is 0 Å². The first-order valence-electron chi connectivity index (χ1n) is 8.40. The number of hydrogen-bond donors (Lipinski definition) is 0. The predicted octanol–water partition coefficient (Wildman–Crippen LogP) is 2.62. The molecule has 2 aromatic rings. The largest absolute Gasteiger partial charge is 0.456 e. The number of thiophene rings is 1. The van der Waals surface area contributed by atoms with E-state index in [2.05, 4.69) is 21.7 Å². The molecule has 0 unspecified atom stereocenters. The Balaban J connectivity index is 1.41. The first-order chi connectivity index (χ1) is 11.7. The highest BCUT2D eigenvalue weighted by molar-refractivity contribution is 7.07. The summed E-state index contributed by atoms with van der Waals surface area (Å²) in [6.45, 7) is 6.87. The Morgan fingerprint density at radius 2 is 2.21 bits per heavy atom. The fraction of sp³-hybridized carbons (Fsp3) is 0.500. The molecule has 4 rings (SSSR count). The Labute approximate surface area is 145 Å². The lowest BCUT2D eigenvalue weighted by molar-refractivity contribution is 0.0476. The smallest absolute Gasteiger partial charge is 0.289 e. The quantitative estimate of drug-likeness (QED) is 0.857. The molecule has 1 amide bonds. The molecule has 2 saturated heterocycles. The highest BCUT2D eigenvalue weighted by atomic mass is 32.1.